The molecule has 0 aliphatic rings. The molecule has 0 atom stereocenters. The van der Waals surface area contributed by atoms with Gasteiger partial charge in [-0.15, -0.1) is 11.3 Å². The van der Waals surface area contributed by atoms with Crippen molar-refractivity contribution in [1.82, 2.24) is 14.7 Å². The largest absolute Gasteiger partial charge is 0.458 e. The Hall–Kier alpha value is -3.41. The van der Waals surface area contributed by atoms with Crippen molar-refractivity contribution in [3.63, 3.8) is 0 Å². The average Bonchev–Trinajstić information content (AvgIpc) is 3.25. The first-order valence-corrected chi connectivity index (χ1v) is 9.83. The van der Waals surface area contributed by atoms with E-state index in [-0.39, 0.29) is 28.6 Å². The molecule has 0 aliphatic heterocycles. The van der Waals surface area contributed by atoms with Crippen LogP contribution in [0.3, 0.4) is 0 Å². The van der Waals surface area contributed by atoms with Crippen LogP contribution >= 0.6 is 11.3 Å². The number of ether oxygens (including phenoxy) is 2. The molecule has 0 fully saturated rings. The highest BCUT2D eigenvalue weighted by Gasteiger charge is 2.29. The van der Waals surface area contributed by atoms with Crippen molar-refractivity contribution in [2.75, 3.05) is 6.54 Å². The highest BCUT2D eigenvalue weighted by molar-refractivity contribution is 7.15. The number of nitrogens with one attached hydrogen (secondary N) is 1. The first-order chi connectivity index (χ1) is 15.0. The molecule has 1 amide bonds. The zero-order chi connectivity index (χ0) is 23.5. The second-order valence-electron chi connectivity index (χ2n) is 6.39. The van der Waals surface area contributed by atoms with E-state index in [1.807, 2.05) is 5.32 Å². The van der Waals surface area contributed by atoms with Crippen LogP contribution in [0.5, 0.6) is 11.5 Å². The second kappa shape index (κ2) is 9.39. The van der Waals surface area contributed by atoms with Crippen LogP contribution in [0.1, 0.15) is 28.7 Å². The van der Waals surface area contributed by atoms with Crippen LogP contribution < -0.4 is 14.8 Å². The van der Waals surface area contributed by atoms with Crippen LogP contribution in [0, 0.1) is 0 Å². The Kier molecular flexibility index (Phi) is 6.82. The van der Waals surface area contributed by atoms with Crippen molar-refractivity contribution in [2.24, 2.45) is 0 Å². The average molecular weight is 473 g/mol. The van der Waals surface area contributed by atoms with Crippen LogP contribution in [0.2, 0.25) is 0 Å². The Morgan fingerprint density at radius 1 is 1.34 bits per heavy atom. The minimum atomic E-state index is -4.58. The highest BCUT2D eigenvalue weighted by atomic mass is 32.1. The van der Waals surface area contributed by atoms with Gasteiger partial charge in [-0.3, -0.25) is 9.20 Å². The van der Waals surface area contributed by atoms with Gasteiger partial charge in [0.1, 0.15) is 12.2 Å². The minimum absolute atomic E-state index is 0.0411. The molecule has 0 radical (unpaired) electrons. The summed E-state index contributed by atoms with van der Waals surface area (Å²) < 4.78 is 74.3. The molecule has 0 aliphatic carbocycles. The molecule has 2 aromatic heterocycles. The minimum Gasteiger partial charge on any atom is -0.458 e. The van der Waals surface area contributed by atoms with Crippen LogP contribution in [0.25, 0.3) is 17.1 Å². The normalized spacial score (nSPS) is 12.0. The number of hydrogen-bond donors (Lipinski definition) is 1. The lowest BCUT2D eigenvalue weighted by Gasteiger charge is -2.14. The number of fused-ring (bicyclic) bond motifs is 1. The second-order valence-corrected chi connectivity index (χ2v) is 7.26. The molecule has 0 spiro atoms. The summed E-state index contributed by atoms with van der Waals surface area (Å²) in [5.74, 6) is -1.04. The molecule has 3 aromatic rings. The SMILES string of the molecule is C=C(C)Oc1c(/C=C/c2nc3sccn3c2C(=O)NCC(F)(F)F)cccc1OC(F)F. The van der Waals surface area contributed by atoms with Gasteiger partial charge in [0.2, 0.25) is 0 Å². The summed E-state index contributed by atoms with van der Waals surface area (Å²) in [5, 5.41) is 3.45. The molecule has 6 nitrogen and oxygen atoms in total. The quantitative estimate of drug-likeness (QED) is 0.353. The molecular weight excluding hydrogens is 457 g/mol. The number of alkyl halides is 5. The van der Waals surface area contributed by atoms with E-state index in [1.54, 1.807) is 5.38 Å². The van der Waals surface area contributed by atoms with Crippen molar-refractivity contribution >= 4 is 34.4 Å². The Bertz CT molecular complexity index is 1170. The maximum absolute atomic E-state index is 12.7. The maximum atomic E-state index is 12.7. The van der Waals surface area contributed by atoms with Crippen molar-refractivity contribution in [1.29, 1.82) is 0 Å². The lowest BCUT2D eigenvalue weighted by atomic mass is 10.1. The number of rotatable bonds is 8. The van der Waals surface area contributed by atoms with E-state index in [0.717, 1.165) is 0 Å². The molecule has 3 rings (SSSR count). The molecule has 170 valence electrons. The first kappa shape index (κ1) is 23.3. The first-order valence-electron chi connectivity index (χ1n) is 8.95. The summed E-state index contributed by atoms with van der Waals surface area (Å²) in [6, 6.07) is 4.27. The van der Waals surface area contributed by atoms with E-state index in [4.69, 9.17) is 4.74 Å². The lowest BCUT2D eigenvalue weighted by molar-refractivity contribution is -0.123. The molecular formula is C20H16F5N3O3S. The predicted molar refractivity (Wildman–Crippen MR) is 109 cm³/mol. The van der Waals surface area contributed by atoms with E-state index in [1.165, 1.54) is 59.2 Å². The third kappa shape index (κ3) is 5.63. The van der Waals surface area contributed by atoms with Crippen molar-refractivity contribution in [3.05, 3.63) is 59.1 Å². The van der Waals surface area contributed by atoms with Gasteiger partial charge >= 0.3 is 12.8 Å². The van der Waals surface area contributed by atoms with Gasteiger partial charge in [0.05, 0.1) is 11.5 Å². The van der Waals surface area contributed by atoms with E-state index in [9.17, 15) is 26.7 Å². The van der Waals surface area contributed by atoms with Crippen LogP contribution in [0.15, 0.2) is 42.1 Å². The summed E-state index contributed by atoms with van der Waals surface area (Å²) in [4.78, 5) is 17.1. The molecule has 0 saturated carbocycles. The Morgan fingerprint density at radius 3 is 2.75 bits per heavy atom. The Labute approximate surface area is 182 Å². The lowest BCUT2D eigenvalue weighted by Crippen LogP contribution is -2.34. The van der Waals surface area contributed by atoms with Gasteiger partial charge < -0.3 is 14.8 Å². The maximum Gasteiger partial charge on any atom is 0.405 e. The van der Waals surface area contributed by atoms with Crippen molar-refractivity contribution < 1.29 is 36.2 Å². The smallest absolute Gasteiger partial charge is 0.405 e. The Morgan fingerprint density at radius 2 is 2.09 bits per heavy atom. The number of para-hydroxylation sites is 1. The summed E-state index contributed by atoms with van der Waals surface area (Å²) in [7, 11) is 0. The number of halogens is 5. The van der Waals surface area contributed by atoms with Gasteiger partial charge in [0.25, 0.3) is 5.91 Å². The number of aromatic nitrogens is 2. The molecule has 0 bridgehead atoms. The summed E-state index contributed by atoms with van der Waals surface area (Å²) in [6.45, 7) is 0.498. The van der Waals surface area contributed by atoms with Crippen LogP contribution in [0.4, 0.5) is 22.0 Å². The Balaban J connectivity index is 1.99. The van der Waals surface area contributed by atoms with Gasteiger partial charge in [-0.2, -0.15) is 22.0 Å². The molecule has 32 heavy (non-hydrogen) atoms. The molecule has 0 saturated heterocycles. The van der Waals surface area contributed by atoms with Crippen LogP contribution in [-0.2, 0) is 0 Å². The number of nitrogens with zero attached hydrogens (tertiary/aromatic N) is 2. The fourth-order valence-electron chi connectivity index (χ4n) is 2.71. The van der Waals surface area contributed by atoms with Gasteiger partial charge in [0.15, 0.2) is 16.5 Å². The van der Waals surface area contributed by atoms with Crippen LogP contribution in [-0.4, -0.2) is 34.6 Å². The molecule has 1 N–H and O–H groups in total. The third-order valence-electron chi connectivity index (χ3n) is 3.88. The number of carbonyl (C=O) groups excluding carboxylic acids is 1. The molecule has 0 unspecified atom stereocenters. The number of thiazole rings is 1. The number of carbonyl (C=O) groups is 1. The number of benzene rings is 1. The van der Waals surface area contributed by atoms with E-state index < -0.39 is 25.2 Å². The molecule has 1 aromatic carbocycles. The van der Waals surface area contributed by atoms with Gasteiger partial charge in [-0.05, 0) is 25.1 Å². The number of allylic oxidation sites excluding steroid dienone is 1. The summed E-state index contributed by atoms with van der Waals surface area (Å²) in [6.07, 6.45) is -0.290. The topological polar surface area (TPSA) is 64.9 Å². The third-order valence-corrected chi connectivity index (χ3v) is 4.63. The van der Waals surface area contributed by atoms with E-state index in [0.29, 0.717) is 10.5 Å². The molecule has 2 heterocycles. The summed E-state index contributed by atoms with van der Waals surface area (Å²) >= 11 is 1.18. The number of imidazole rings is 1. The zero-order valence-corrected chi connectivity index (χ0v) is 17.3. The number of amides is 1. The van der Waals surface area contributed by atoms with Crippen molar-refractivity contribution in [3.8, 4) is 11.5 Å². The monoisotopic (exact) mass is 473 g/mol. The van der Waals surface area contributed by atoms with E-state index in [2.05, 4.69) is 16.3 Å². The summed E-state index contributed by atoms with van der Waals surface area (Å²) in [5.41, 5.74) is 0.270. The predicted octanol–water partition coefficient (Wildman–Crippen LogP) is 5.37. The fourth-order valence-corrected chi connectivity index (χ4v) is 3.43. The van der Waals surface area contributed by atoms with Gasteiger partial charge in [-0.1, -0.05) is 18.7 Å². The van der Waals surface area contributed by atoms with Crippen molar-refractivity contribution in [2.45, 2.75) is 19.7 Å². The standard InChI is InChI=1S/C20H16F5N3O3S/c1-11(2)30-16-12(4-3-5-14(16)31-18(21)22)6-7-13-15(17(29)26-10-20(23,24)25)28-8-9-32-19(28)27-13/h3-9,18H,1,10H2,2H3,(H,26,29)/b7-6+. The van der Waals surface area contributed by atoms with Gasteiger partial charge in [0, 0.05) is 17.1 Å². The number of hydrogen-bond acceptors (Lipinski definition) is 5. The fraction of sp³-hybridized carbons (Fsp3) is 0.200. The highest BCUT2D eigenvalue weighted by Crippen LogP contribution is 2.35. The van der Waals surface area contributed by atoms with E-state index >= 15 is 0 Å². The molecule has 12 heteroatoms. The zero-order valence-electron chi connectivity index (χ0n) is 16.5. The van der Waals surface area contributed by atoms with Gasteiger partial charge in [-0.25, -0.2) is 4.98 Å².